The monoisotopic (exact) mass is 494 g/mol. The van der Waals surface area contributed by atoms with Crippen LogP contribution in [-0.4, -0.2) is 11.0 Å². The molecule has 1 amide bonds. The van der Waals surface area contributed by atoms with E-state index in [4.69, 9.17) is 39.8 Å². The topological polar surface area (TPSA) is 54.3 Å². The second-order valence-electron chi connectivity index (χ2n) is 5.64. The lowest BCUT2D eigenvalue weighted by Crippen LogP contribution is -2.32. The number of hydrogen-bond acceptors (Lipinski definition) is 3. The highest BCUT2D eigenvalue weighted by atomic mass is 79.9. The molecule has 2 aromatic carbocycles. The Hall–Kier alpha value is -2.12. The Morgan fingerprint density at radius 2 is 1.71 bits per heavy atom. The van der Waals surface area contributed by atoms with E-state index in [0.717, 1.165) is 15.7 Å². The molecular weight excluding hydrogens is 483 g/mol. The number of hydrogen-bond donors (Lipinski definition) is 2. The Balaban J connectivity index is 1.59. The van der Waals surface area contributed by atoms with Crippen molar-refractivity contribution in [3.63, 3.8) is 0 Å². The van der Waals surface area contributed by atoms with Crippen molar-refractivity contribution in [2.24, 2.45) is 0 Å². The van der Waals surface area contributed by atoms with Gasteiger partial charge < -0.3 is 9.73 Å². The first kappa shape index (κ1) is 20.6. The molecule has 0 saturated carbocycles. The third kappa shape index (κ3) is 5.94. The summed E-state index contributed by atoms with van der Waals surface area (Å²) in [4.78, 5) is 12.0. The number of carbonyl (C=O) groups is 1. The molecule has 0 spiro atoms. The lowest BCUT2D eigenvalue weighted by molar-refractivity contribution is -0.115. The van der Waals surface area contributed by atoms with Crippen LogP contribution in [0.4, 0.5) is 5.69 Å². The molecular formula is C20H13BrCl2N2O2S. The van der Waals surface area contributed by atoms with Gasteiger partial charge in [-0.15, -0.1) is 0 Å². The number of thiocarbonyl (C=S) groups is 1. The van der Waals surface area contributed by atoms with Crippen LogP contribution in [0.2, 0.25) is 10.0 Å². The average molecular weight is 496 g/mol. The van der Waals surface area contributed by atoms with Crippen LogP contribution in [0.25, 0.3) is 17.4 Å². The largest absolute Gasteiger partial charge is 0.457 e. The highest BCUT2D eigenvalue weighted by Crippen LogP contribution is 2.28. The van der Waals surface area contributed by atoms with E-state index in [2.05, 4.69) is 26.6 Å². The molecule has 0 radical (unpaired) electrons. The van der Waals surface area contributed by atoms with Crippen molar-refractivity contribution < 1.29 is 9.21 Å². The minimum Gasteiger partial charge on any atom is -0.457 e. The second kappa shape index (κ2) is 9.39. The third-order valence-corrected chi connectivity index (χ3v) is 4.68. The first-order chi connectivity index (χ1) is 13.4. The molecule has 0 aliphatic carbocycles. The number of furan rings is 1. The lowest BCUT2D eigenvalue weighted by Gasteiger charge is -2.07. The van der Waals surface area contributed by atoms with Gasteiger partial charge in [0.05, 0.1) is 0 Å². The molecule has 3 rings (SSSR count). The van der Waals surface area contributed by atoms with Gasteiger partial charge in [0.25, 0.3) is 0 Å². The van der Waals surface area contributed by atoms with Gasteiger partial charge in [-0.3, -0.25) is 10.1 Å². The van der Waals surface area contributed by atoms with E-state index in [1.165, 1.54) is 6.08 Å². The van der Waals surface area contributed by atoms with E-state index in [-0.39, 0.29) is 11.0 Å². The molecule has 2 N–H and O–H groups in total. The molecule has 3 aromatic rings. The van der Waals surface area contributed by atoms with Crippen molar-refractivity contribution in [1.82, 2.24) is 5.32 Å². The van der Waals surface area contributed by atoms with Crippen molar-refractivity contribution in [3.8, 4) is 11.3 Å². The van der Waals surface area contributed by atoms with Crippen molar-refractivity contribution in [2.45, 2.75) is 0 Å². The van der Waals surface area contributed by atoms with Crippen molar-refractivity contribution in [2.75, 3.05) is 5.32 Å². The van der Waals surface area contributed by atoms with Crippen LogP contribution in [-0.2, 0) is 4.79 Å². The van der Waals surface area contributed by atoms with E-state index in [9.17, 15) is 4.79 Å². The van der Waals surface area contributed by atoms with E-state index in [1.807, 2.05) is 24.3 Å². The van der Waals surface area contributed by atoms with E-state index >= 15 is 0 Å². The van der Waals surface area contributed by atoms with E-state index in [1.54, 1.807) is 36.4 Å². The van der Waals surface area contributed by atoms with Crippen LogP contribution in [0.3, 0.4) is 0 Å². The number of rotatable bonds is 4. The van der Waals surface area contributed by atoms with Gasteiger partial charge in [0.1, 0.15) is 11.5 Å². The molecule has 8 heteroatoms. The van der Waals surface area contributed by atoms with Crippen LogP contribution in [0.5, 0.6) is 0 Å². The Morgan fingerprint density at radius 3 is 2.39 bits per heavy atom. The summed E-state index contributed by atoms with van der Waals surface area (Å²) in [5.41, 5.74) is 1.52. The maximum Gasteiger partial charge on any atom is 0.250 e. The van der Waals surface area contributed by atoms with Gasteiger partial charge in [0.15, 0.2) is 5.11 Å². The smallest absolute Gasteiger partial charge is 0.250 e. The maximum atomic E-state index is 12.0. The first-order valence-corrected chi connectivity index (χ1v) is 9.97. The number of carbonyl (C=O) groups excluding carboxylic acids is 1. The van der Waals surface area contributed by atoms with Gasteiger partial charge in [0, 0.05) is 31.8 Å². The van der Waals surface area contributed by atoms with Crippen molar-refractivity contribution in [1.29, 1.82) is 0 Å². The first-order valence-electron chi connectivity index (χ1n) is 8.01. The highest BCUT2D eigenvalue weighted by molar-refractivity contribution is 9.10. The summed E-state index contributed by atoms with van der Waals surface area (Å²) in [5.74, 6) is 0.725. The summed E-state index contributed by atoms with van der Waals surface area (Å²) >= 11 is 20.5. The molecule has 142 valence electrons. The summed E-state index contributed by atoms with van der Waals surface area (Å²) in [6.45, 7) is 0. The molecule has 0 fully saturated rings. The molecule has 4 nitrogen and oxygen atoms in total. The van der Waals surface area contributed by atoms with Crippen LogP contribution in [0.15, 0.2) is 69.6 Å². The maximum absolute atomic E-state index is 12.0. The fourth-order valence-corrected chi connectivity index (χ4v) is 3.31. The third-order valence-electron chi connectivity index (χ3n) is 3.51. The van der Waals surface area contributed by atoms with Crippen molar-refractivity contribution in [3.05, 3.63) is 81.0 Å². The molecule has 0 atom stereocenters. The van der Waals surface area contributed by atoms with Gasteiger partial charge >= 0.3 is 0 Å². The zero-order chi connectivity index (χ0) is 20.1. The number of amides is 1. The predicted octanol–water partition coefficient (Wildman–Crippen LogP) is 6.54. The molecule has 0 bridgehead atoms. The fourth-order valence-electron chi connectivity index (χ4n) is 2.30. The zero-order valence-corrected chi connectivity index (χ0v) is 18.1. The summed E-state index contributed by atoms with van der Waals surface area (Å²) in [6, 6.07) is 16.1. The Labute approximate surface area is 185 Å². The van der Waals surface area contributed by atoms with Crippen LogP contribution in [0, 0.1) is 0 Å². The minimum absolute atomic E-state index is 0.200. The molecule has 0 aliphatic heterocycles. The van der Waals surface area contributed by atoms with Gasteiger partial charge in [-0.2, -0.15) is 0 Å². The molecule has 0 saturated heterocycles. The summed E-state index contributed by atoms with van der Waals surface area (Å²) < 4.78 is 6.66. The molecule has 28 heavy (non-hydrogen) atoms. The summed E-state index contributed by atoms with van der Waals surface area (Å²) in [7, 11) is 0. The minimum atomic E-state index is -0.377. The fraction of sp³-hybridized carbons (Fsp3) is 0. The SMILES string of the molecule is O=C(/C=C/c1ccc(-c2cc(Cl)cc(Cl)c2)o1)NC(=S)Nc1ccc(Br)cc1. The van der Waals surface area contributed by atoms with E-state index in [0.29, 0.717) is 21.6 Å². The van der Waals surface area contributed by atoms with Crippen LogP contribution in [0.1, 0.15) is 5.76 Å². The standard InChI is InChI=1S/C20H13BrCl2N2O2S/c21-13-1-3-16(4-2-13)24-20(28)25-19(26)8-6-17-5-7-18(27-17)12-9-14(22)11-15(23)10-12/h1-11H,(H2,24,25,26,28)/b8-6+. The van der Waals surface area contributed by atoms with Crippen molar-refractivity contribution >= 4 is 74.1 Å². The van der Waals surface area contributed by atoms with Gasteiger partial charge in [-0.1, -0.05) is 39.1 Å². The van der Waals surface area contributed by atoms with Gasteiger partial charge in [-0.05, 0) is 72.9 Å². The lowest BCUT2D eigenvalue weighted by atomic mass is 10.2. The Kier molecular flexibility index (Phi) is 6.91. The number of halogens is 3. The number of anilines is 1. The average Bonchev–Trinajstić information content (AvgIpc) is 3.10. The van der Waals surface area contributed by atoms with Crippen LogP contribution >= 0.6 is 51.3 Å². The normalized spacial score (nSPS) is 10.8. The second-order valence-corrected chi connectivity index (χ2v) is 7.84. The molecule has 0 unspecified atom stereocenters. The van der Waals surface area contributed by atoms with Gasteiger partial charge in [0.2, 0.25) is 5.91 Å². The molecule has 0 aliphatic rings. The molecule has 1 aromatic heterocycles. The Bertz CT molecular complexity index is 1030. The number of benzene rings is 2. The summed E-state index contributed by atoms with van der Waals surface area (Å²) in [5, 5.41) is 6.74. The van der Waals surface area contributed by atoms with E-state index < -0.39 is 0 Å². The number of nitrogens with one attached hydrogen (secondary N) is 2. The molecule has 1 heterocycles. The van der Waals surface area contributed by atoms with Crippen LogP contribution < -0.4 is 10.6 Å². The Morgan fingerprint density at radius 1 is 1.04 bits per heavy atom. The highest BCUT2D eigenvalue weighted by Gasteiger charge is 2.07. The predicted molar refractivity (Wildman–Crippen MR) is 122 cm³/mol. The summed E-state index contributed by atoms with van der Waals surface area (Å²) in [6.07, 6.45) is 2.89. The van der Waals surface area contributed by atoms with Gasteiger partial charge in [-0.25, -0.2) is 0 Å². The quantitative estimate of drug-likeness (QED) is 0.318. The zero-order valence-electron chi connectivity index (χ0n) is 14.2.